The van der Waals surface area contributed by atoms with Crippen molar-refractivity contribution in [3.05, 3.63) is 34.3 Å². The summed E-state index contributed by atoms with van der Waals surface area (Å²) in [5.74, 6) is 0.708. The van der Waals surface area contributed by atoms with Crippen molar-refractivity contribution < 1.29 is 4.79 Å². The molecule has 1 aromatic rings. The number of rotatable bonds is 4. The van der Waals surface area contributed by atoms with E-state index in [1.165, 1.54) is 0 Å². The number of amides is 1. The molecule has 1 aromatic carbocycles. The molecule has 0 aliphatic rings. The predicted octanol–water partition coefficient (Wildman–Crippen LogP) is 3.57. The van der Waals surface area contributed by atoms with Crippen LogP contribution in [0.5, 0.6) is 0 Å². The van der Waals surface area contributed by atoms with Crippen LogP contribution in [0.1, 0.15) is 30.6 Å². The zero-order valence-electron chi connectivity index (χ0n) is 10.0. The Balaban J connectivity index is 2.63. The molecule has 0 aliphatic heterocycles. The van der Waals surface area contributed by atoms with Crippen molar-refractivity contribution in [1.82, 2.24) is 4.90 Å². The molecule has 3 heteroatoms. The van der Waals surface area contributed by atoms with Gasteiger partial charge in [-0.1, -0.05) is 35.8 Å². The highest BCUT2D eigenvalue weighted by molar-refractivity contribution is 9.10. The third-order valence-electron chi connectivity index (χ3n) is 2.46. The van der Waals surface area contributed by atoms with Crippen LogP contribution in [0.25, 0.3) is 0 Å². The molecule has 0 radical (unpaired) electrons. The molecule has 0 atom stereocenters. The highest BCUT2D eigenvalue weighted by atomic mass is 79.9. The quantitative estimate of drug-likeness (QED) is 0.827. The molecule has 0 saturated carbocycles. The summed E-state index contributed by atoms with van der Waals surface area (Å²) in [4.78, 5) is 13.8. The zero-order valence-corrected chi connectivity index (χ0v) is 11.6. The molecule has 1 rings (SSSR count). The van der Waals surface area contributed by atoms with Crippen LogP contribution in [0, 0.1) is 5.92 Å². The Kier molecular flexibility index (Phi) is 5.00. The van der Waals surface area contributed by atoms with Gasteiger partial charge in [0.05, 0.1) is 0 Å². The van der Waals surface area contributed by atoms with Crippen LogP contribution in [-0.2, 0) is 0 Å². The third kappa shape index (κ3) is 3.97. The third-order valence-corrected chi connectivity index (χ3v) is 2.95. The molecule has 1 amide bonds. The van der Waals surface area contributed by atoms with Gasteiger partial charge in [-0.3, -0.25) is 4.79 Å². The number of carbonyl (C=O) groups excluding carboxylic acids is 1. The maximum atomic E-state index is 12.0. The molecule has 0 fully saturated rings. The van der Waals surface area contributed by atoms with Crippen molar-refractivity contribution in [1.29, 1.82) is 0 Å². The summed E-state index contributed by atoms with van der Waals surface area (Å²) < 4.78 is 0.940. The maximum Gasteiger partial charge on any atom is 0.253 e. The molecule has 0 aliphatic carbocycles. The fourth-order valence-corrected chi connectivity index (χ4v) is 1.79. The lowest BCUT2D eigenvalue weighted by Crippen LogP contribution is -2.28. The minimum Gasteiger partial charge on any atom is -0.342 e. The van der Waals surface area contributed by atoms with E-state index in [4.69, 9.17) is 0 Å². The standard InChI is InChI=1S/C13H18BrNO/c1-10(2)7-8-15(3)13(16)11-5-4-6-12(14)9-11/h4-6,9-10H,7-8H2,1-3H3. The van der Waals surface area contributed by atoms with Gasteiger partial charge in [-0.2, -0.15) is 0 Å². The lowest BCUT2D eigenvalue weighted by atomic mass is 10.1. The largest absolute Gasteiger partial charge is 0.342 e. The molecule has 0 bridgehead atoms. The monoisotopic (exact) mass is 283 g/mol. The van der Waals surface area contributed by atoms with E-state index in [1.54, 1.807) is 4.90 Å². The first-order valence-electron chi connectivity index (χ1n) is 5.51. The van der Waals surface area contributed by atoms with Gasteiger partial charge in [0.2, 0.25) is 0 Å². The number of benzene rings is 1. The molecule has 0 saturated heterocycles. The molecular formula is C13H18BrNO. The predicted molar refractivity (Wildman–Crippen MR) is 70.6 cm³/mol. The minimum absolute atomic E-state index is 0.0851. The summed E-state index contributed by atoms with van der Waals surface area (Å²) >= 11 is 3.37. The van der Waals surface area contributed by atoms with E-state index in [0.717, 1.165) is 23.0 Å². The first-order chi connectivity index (χ1) is 7.50. The van der Waals surface area contributed by atoms with E-state index < -0.39 is 0 Å². The van der Waals surface area contributed by atoms with Crippen molar-refractivity contribution in [2.24, 2.45) is 5.92 Å². The highest BCUT2D eigenvalue weighted by Gasteiger charge is 2.11. The normalized spacial score (nSPS) is 10.6. The van der Waals surface area contributed by atoms with Crippen LogP contribution in [0.2, 0.25) is 0 Å². The second-order valence-corrected chi connectivity index (χ2v) is 5.34. The first kappa shape index (κ1) is 13.2. The van der Waals surface area contributed by atoms with Crippen LogP contribution in [0.4, 0.5) is 0 Å². The van der Waals surface area contributed by atoms with Crippen LogP contribution in [-0.4, -0.2) is 24.4 Å². The van der Waals surface area contributed by atoms with Gasteiger partial charge in [-0.15, -0.1) is 0 Å². The maximum absolute atomic E-state index is 12.0. The fraction of sp³-hybridized carbons (Fsp3) is 0.462. The van der Waals surface area contributed by atoms with Gasteiger partial charge < -0.3 is 4.90 Å². The molecule has 0 spiro atoms. The summed E-state index contributed by atoms with van der Waals surface area (Å²) in [5, 5.41) is 0. The Hall–Kier alpha value is -0.830. The number of halogens is 1. The summed E-state index contributed by atoms with van der Waals surface area (Å²) in [6, 6.07) is 7.51. The zero-order chi connectivity index (χ0) is 12.1. The van der Waals surface area contributed by atoms with Gasteiger partial charge in [0.15, 0.2) is 0 Å². The van der Waals surface area contributed by atoms with Crippen molar-refractivity contribution in [3.8, 4) is 0 Å². The Morgan fingerprint density at radius 2 is 2.12 bits per heavy atom. The van der Waals surface area contributed by atoms with Gasteiger partial charge in [-0.05, 0) is 30.5 Å². The van der Waals surface area contributed by atoms with E-state index in [0.29, 0.717) is 5.92 Å². The van der Waals surface area contributed by atoms with Crippen molar-refractivity contribution in [3.63, 3.8) is 0 Å². The molecule has 0 aromatic heterocycles. The van der Waals surface area contributed by atoms with Crippen molar-refractivity contribution in [2.75, 3.05) is 13.6 Å². The van der Waals surface area contributed by atoms with Gasteiger partial charge in [0, 0.05) is 23.6 Å². The second-order valence-electron chi connectivity index (χ2n) is 4.42. The number of hydrogen-bond acceptors (Lipinski definition) is 1. The van der Waals surface area contributed by atoms with E-state index >= 15 is 0 Å². The van der Waals surface area contributed by atoms with E-state index in [-0.39, 0.29) is 5.91 Å². The van der Waals surface area contributed by atoms with Gasteiger partial charge in [0.1, 0.15) is 0 Å². The molecule has 0 heterocycles. The van der Waals surface area contributed by atoms with Crippen LogP contribution in [0.15, 0.2) is 28.7 Å². The average molecular weight is 284 g/mol. The Morgan fingerprint density at radius 3 is 2.69 bits per heavy atom. The number of hydrogen-bond donors (Lipinski definition) is 0. The molecule has 88 valence electrons. The first-order valence-corrected chi connectivity index (χ1v) is 6.31. The summed E-state index contributed by atoms with van der Waals surface area (Å²) in [6.07, 6.45) is 1.04. The van der Waals surface area contributed by atoms with E-state index in [1.807, 2.05) is 31.3 Å². The molecule has 16 heavy (non-hydrogen) atoms. The molecule has 0 N–H and O–H groups in total. The lowest BCUT2D eigenvalue weighted by molar-refractivity contribution is 0.0789. The smallest absolute Gasteiger partial charge is 0.253 e. The minimum atomic E-state index is 0.0851. The number of carbonyl (C=O) groups is 1. The topological polar surface area (TPSA) is 20.3 Å². The summed E-state index contributed by atoms with van der Waals surface area (Å²) in [7, 11) is 1.85. The number of nitrogens with zero attached hydrogens (tertiary/aromatic N) is 1. The fourth-order valence-electron chi connectivity index (χ4n) is 1.40. The van der Waals surface area contributed by atoms with Gasteiger partial charge in [0.25, 0.3) is 5.91 Å². The summed E-state index contributed by atoms with van der Waals surface area (Å²) in [5.41, 5.74) is 0.737. The summed E-state index contributed by atoms with van der Waals surface area (Å²) in [6.45, 7) is 5.14. The Bertz CT molecular complexity index is 363. The average Bonchev–Trinajstić information content (AvgIpc) is 2.24. The Labute approximate surface area is 106 Å². The molecule has 0 unspecified atom stereocenters. The van der Waals surface area contributed by atoms with E-state index in [9.17, 15) is 4.79 Å². The Morgan fingerprint density at radius 1 is 1.44 bits per heavy atom. The molecule has 2 nitrogen and oxygen atoms in total. The second kappa shape index (κ2) is 6.04. The molecular weight excluding hydrogens is 266 g/mol. The van der Waals surface area contributed by atoms with Gasteiger partial charge in [-0.25, -0.2) is 0 Å². The van der Waals surface area contributed by atoms with Crippen molar-refractivity contribution in [2.45, 2.75) is 20.3 Å². The van der Waals surface area contributed by atoms with Crippen LogP contribution >= 0.6 is 15.9 Å². The van der Waals surface area contributed by atoms with Crippen molar-refractivity contribution >= 4 is 21.8 Å². The van der Waals surface area contributed by atoms with Crippen LogP contribution in [0.3, 0.4) is 0 Å². The van der Waals surface area contributed by atoms with Crippen LogP contribution < -0.4 is 0 Å². The lowest BCUT2D eigenvalue weighted by Gasteiger charge is -2.18. The highest BCUT2D eigenvalue weighted by Crippen LogP contribution is 2.13. The van der Waals surface area contributed by atoms with E-state index in [2.05, 4.69) is 29.8 Å². The van der Waals surface area contributed by atoms with Gasteiger partial charge >= 0.3 is 0 Å². The SMILES string of the molecule is CC(C)CCN(C)C(=O)c1cccc(Br)c1.